The molecule has 6 nitrogen and oxygen atoms in total. The van der Waals surface area contributed by atoms with Crippen molar-refractivity contribution in [3.63, 3.8) is 0 Å². The van der Waals surface area contributed by atoms with Crippen LogP contribution in [0.1, 0.15) is 44.8 Å². The lowest BCUT2D eigenvalue weighted by Crippen LogP contribution is -2.25. The second-order valence-electron chi connectivity index (χ2n) is 7.12. The molecule has 0 spiro atoms. The minimum absolute atomic E-state index is 0.0734. The largest absolute Gasteiger partial charge is 0.349 e. The molecule has 6 heteroatoms. The third-order valence-electron chi connectivity index (χ3n) is 4.92. The zero-order chi connectivity index (χ0) is 19.7. The number of para-hydroxylation sites is 1. The number of benzene rings is 2. The number of hydrogen-bond acceptors (Lipinski definition) is 3. The molecule has 1 aliphatic carbocycles. The molecular weight excluding hydrogens is 352 g/mol. The maximum absolute atomic E-state index is 12.7. The standard InChI is InChI=1S/C22H22N4O2/c1-14-5-3-4-6-20(14)26-15(2)19(13-23-26)22(28)25-17-9-7-16(8-10-17)21(27)24-18-11-12-18/h3-10,13,18H,11-12H2,1-2H3,(H,24,27)(H,25,28). The van der Waals surface area contributed by atoms with E-state index in [4.69, 9.17) is 0 Å². The van der Waals surface area contributed by atoms with Gasteiger partial charge in [-0.15, -0.1) is 0 Å². The van der Waals surface area contributed by atoms with Gasteiger partial charge in [-0.05, 0) is 62.6 Å². The molecule has 28 heavy (non-hydrogen) atoms. The van der Waals surface area contributed by atoms with Crippen LogP contribution in [0, 0.1) is 13.8 Å². The van der Waals surface area contributed by atoms with Crippen molar-refractivity contribution in [2.45, 2.75) is 32.7 Å². The molecule has 1 aromatic heterocycles. The molecule has 1 fully saturated rings. The second kappa shape index (κ2) is 7.31. The van der Waals surface area contributed by atoms with Gasteiger partial charge >= 0.3 is 0 Å². The Morgan fingerprint density at radius 2 is 1.71 bits per heavy atom. The number of anilines is 1. The van der Waals surface area contributed by atoms with Gasteiger partial charge in [-0.25, -0.2) is 4.68 Å². The first kappa shape index (κ1) is 18.0. The van der Waals surface area contributed by atoms with Crippen LogP contribution in [0.15, 0.2) is 54.7 Å². The third-order valence-corrected chi connectivity index (χ3v) is 4.92. The number of amides is 2. The van der Waals surface area contributed by atoms with Crippen LogP contribution in [-0.2, 0) is 0 Å². The fourth-order valence-corrected chi connectivity index (χ4v) is 3.08. The summed E-state index contributed by atoms with van der Waals surface area (Å²) in [5, 5.41) is 10.2. The van der Waals surface area contributed by atoms with Crippen LogP contribution in [0.25, 0.3) is 5.69 Å². The lowest BCUT2D eigenvalue weighted by atomic mass is 10.1. The van der Waals surface area contributed by atoms with Crippen LogP contribution in [-0.4, -0.2) is 27.6 Å². The molecule has 0 aliphatic heterocycles. The molecular formula is C22H22N4O2. The Hall–Kier alpha value is -3.41. The van der Waals surface area contributed by atoms with Gasteiger partial charge in [0.25, 0.3) is 11.8 Å². The Morgan fingerprint density at radius 3 is 2.39 bits per heavy atom. The van der Waals surface area contributed by atoms with Gasteiger partial charge in [-0.2, -0.15) is 5.10 Å². The molecule has 1 aliphatic rings. The average Bonchev–Trinajstić information content (AvgIpc) is 3.42. The van der Waals surface area contributed by atoms with E-state index >= 15 is 0 Å². The molecule has 0 radical (unpaired) electrons. The van der Waals surface area contributed by atoms with E-state index < -0.39 is 0 Å². The van der Waals surface area contributed by atoms with Crippen molar-refractivity contribution >= 4 is 17.5 Å². The molecule has 2 amide bonds. The van der Waals surface area contributed by atoms with Crippen molar-refractivity contribution in [1.29, 1.82) is 0 Å². The highest BCUT2D eigenvalue weighted by Gasteiger charge is 2.23. The molecule has 1 saturated carbocycles. The summed E-state index contributed by atoms with van der Waals surface area (Å²) in [5.74, 6) is -0.303. The van der Waals surface area contributed by atoms with E-state index in [0.29, 0.717) is 22.9 Å². The monoisotopic (exact) mass is 374 g/mol. The maximum atomic E-state index is 12.7. The molecule has 4 rings (SSSR count). The van der Waals surface area contributed by atoms with Crippen LogP contribution in [0.5, 0.6) is 0 Å². The van der Waals surface area contributed by atoms with Gasteiger partial charge in [-0.1, -0.05) is 18.2 Å². The first-order valence-electron chi connectivity index (χ1n) is 9.36. The van der Waals surface area contributed by atoms with E-state index in [9.17, 15) is 9.59 Å². The summed E-state index contributed by atoms with van der Waals surface area (Å²) >= 11 is 0. The smallest absolute Gasteiger partial charge is 0.259 e. The molecule has 2 aromatic carbocycles. The number of nitrogens with zero attached hydrogens (tertiary/aromatic N) is 2. The summed E-state index contributed by atoms with van der Waals surface area (Å²) in [5.41, 5.74) is 4.54. The van der Waals surface area contributed by atoms with Crippen molar-refractivity contribution in [3.05, 3.63) is 77.1 Å². The lowest BCUT2D eigenvalue weighted by molar-refractivity contribution is 0.0950. The normalized spacial score (nSPS) is 13.2. The third kappa shape index (κ3) is 3.67. The number of carbonyl (C=O) groups excluding carboxylic acids is 2. The van der Waals surface area contributed by atoms with E-state index in [1.807, 2.05) is 38.1 Å². The molecule has 0 saturated heterocycles. The zero-order valence-corrected chi connectivity index (χ0v) is 15.9. The van der Waals surface area contributed by atoms with Crippen LogP contribution < -0.4 is 10.6 Å². The Kier molecular flexibility index (Phi) is 4.69. The average molecular weight is 374 g/mol. The Labute approximate surface area is 163 Å². The fourth-order valence-electron chi connectivity index (χ4n) is 3.08. The van der Waals surface area contributed by atoms with Crippen LogP contribution >= 0.6 is 0 Å². The number of aromatic nitrogens is 2. The van der Waals surface area contributed by atoms with Gasteiger partial charge in [-0.3, -0.25) is 9.59 Å². The highest BCUT2D eigenvalue weighted by atomic mass is 16.2. The zero-order valence-electron chi connectivity index (χ0n) is 15.9. The number of rotatable bonds is 5. The van der Waals surface area contributed by atoms with Gasteiger partial charge in [0.1, 0.15) is 0 Å². The minimum Gasteiger partial charge on any atom is -0.349 e. The van der Waals surface area contributed by atoms with Crippen LogP contribution in [0.4, 0.5) is 5.69 Å². The molecule has 0 atom stereocenters. The highest BCUT2D eigenvalue weighted by Crippen LogP contribution is 2.21. The van der Waals surface area contributed by atoms with Crippen molar-refractivity contribution in [3.8, 4) is 5.69 Å². The van der Waals surface area contributed by atoms with E-state index in [1.165, 1.54) is 0 Å². The van der Waals surface area contributed by atoms with E-state index in [1.54, 1.807) is 35.1 Å². The molecule has 142 valence electrons. The van der Waals surface area contributed by atoms with Crippen molar-refractivity contribution in [2.24, 2.45) is 0 Å². The van der Waals surface area contributed by atoms with Gasteiger partial charge < -0.3 is 10.6 Å². The second-order valence-corrected chi connectivity index (χ2v) is 7.12. The molecule has 0 unspecified atom stereocenters. The van der Waals surface area contributed by atoms with E-state index in [2.05, 4.69) is 15.7 Å². The summed E-state index contributed by atoms with van der Waals surface area (Å²) in [7, 11) is 0. The summed E-state index contributed by atoms with van der Waals surface area (Å²) in [6.07, 6.45) is 3.68. The predicted octanol–water partition coefficient (Wildman–Crippen LogP) is 3.63. The maximum Gasteiger partial charge on any atom is 0.259 e. The molecule has 0 bridgehead atoms. The van der Waals surface area contributed by atoms with Crippen molar-refractivity contribution in [2.75, 3.05) is 5.32 Å². The number of carbonyl (C=O) groups is 2. The van der Waals surface area contributed by atoms with E-state index in [0.717, 1.165) is 29.8 Å². The van der Waals surface area contributed by atoms with Gasteiger partial charge in [0.15, 0.2) is 0 Å². The lowest BCUT2D eigenvalue weighted by Gasteiger charge is -2.09. The van der Waals surface area contributed by atoms with Gasteiger partial charge in [0, 0.05) is 17.3 Å². The summed E-state index contributed by atoms with van der Waals surface area (Å²) in [6, 6.07) is 15.1. The SMILES string of the molecule is Cc1ccccc1-n1ncc(C(=O)Nc2ccc(C(=O)NC3CC3)cc2)c1C. The highest BCUT2D eigenvalue weighted by molar-refractivity contribution is 6.05. The first-order chi connectivity index (χ1) is 13.5. The van der Waals surface area contributed by atoms with Crippen molar-refractivity contribution in [1.82, 2.24) is 15.1 Å². The summed E-state index contributed by atoms with van der Waals surface area (Å²) in [6.45, 7) is 3.89. The van der Waals surface area contributed by atoms with Gasteiger partial charge in [0.2, 0.25) is 0 Å². The predicted molar refractivity (Wildman–Crippen MR) is 108 cm³/mol. The molecule has 1 heterocycles. The first-order valence-corrected chi connectivity index (χ1v) is 9.36. The minimum atomic E-state index is -0.229. The Bertz CT molecular complexity index is 1030. The topological polar surface area (TPSA) is 76.0 Å². The molecule has 3 aromatic rings. The Morgan fingerprint density at radius 1 is 1.00 bits per heavy atom. The number of nitrogens with one attached hydrogen (secondary N) is 2. The molecule has 2 N–H and O–H groups in total. The van der Waals surface area contributed by atoms with Crippen LogP contribution in [0.3, 0.4) is 0 Å². The van der Waals surface area contributed by atoms with Crippen molar-refractivity contribution < 1.29 is 9.59 Å². The number of aryl methyl sites for hydroxylation is 1. The van der Waals surface area contributed by atoms with E-state index in [-0.39, 0.29) is 11.8 Å². The number of hydrogen-bond donors (Lipinski definition) is 2. The summed E-state index contributed by atoms with van der Waals surface area (Å²) in [4.78, 5) is 24.7. The summed E-state index contributed by atoms with van der Waals surface area (Å²) < 4.78 is 1.77. The van der Waals surface area contributed by atoms with Crippen LogP contribution in [0.2, 0.25) is 0 Å². The Balaban J connectivity index is 1.48. The van der Waals surface area contributed by atoms with Gasteiger partial charge in [0.05, 0.1) is 23.1 Å². The fraction of sp³-hybridized carbons (Fsp3) is 0.227. The quantitative estimate of drug-likeness (QED) is 0.716.